The van der Waals surface area contributed by atoms with E-state index in [1.807, 2.05) is 24.3 Å². The van der Waals surface area contributed by atoms with Gasteiger partial charge in [0.05, 0.1) is 23.3 Å². The van der Waals surface area contributed by atoms with E-state index in [0.717, 1.165) is 5.69 Å². The third-order valence-corrected chi connectivity index (χ3v) is 5.19. The molecule has 31 heavy (non-hydrogen) atoms. The molecule has 0 saturated carbocycles. The van der Waals surface area contributed by atoms with E-state index in [9.17, 15) is 14.9 Å². The lowest BCUT2D eigenvalue weighted by molar-refractivity contribution is -0.384. The van der Waals surface area contributed by atoms with Crippen LogP contribution in [0.1, 0.15) is 28.0 Å². The predicted octanol–water partition coefficient (Wildman–Crippen LogP) is 5.21. The fraction of sp³-hybridized carbons (Fsp3) is 0.0870. The highest BCUT2D eigenvalue weighted by molar-refractivity contribution is 6.01. The average Bonchev–Trinajstić information content (AvgIpc) is 3.48. The Labute approximate surface area is 176 Å². The Bertz CT molecular complexity index is 1240. The van der Waals surface area contributed by atoms with E-state index in [-0.39, 0.29) is 18.1 Å². The zero-order valence-corrected chi connectivity index (χ0v) is 16.2. The fourth-order valence-corrected chi connectivity index (χ4v) is 3.65. The van der Waals surface area contributed by atoms with Crippen LogP contribution in [-0.4, -0.2) is 15.7 Å². The van der Waals surface area contributed by atoms with E-state index >= 15 is 0 Å². The van der Waals surface area contributed by atoms with Crippen molar-refractivity contribution in [3.63, 3.8) is 0 Å². The first-order chi connectivity index (χ1) is 15.1. The second-order valence-electron chi connectivity index (χ2n) is 7.11. The highest BCUT2D eigenvalue weighted by Gasteiger charge is 2.35. The first-order valence-electron chi connectivity index (χ1n) is 9.63. The van der Waals surface area contributed by atoms with Crippen LogP contribution < -0.4 is 5.32 Å². The van der Waals surface area contributed by atoms with Gasteiger partial charge in [-0.15, -0.1) is 0 Å². The quantitative estimate of drug-likeness (QED) is 0.354. The smallest absolute Gasteiger partial charge is 0.269 e. The van der Waals surface area contributed by atoms with Crippen LogP contribution in [-0.2, 0) is 6.54 Å². The van der Waals surface area contributed by atoms with Gasteiger partial charge in [0.25, 0.3) is 11.6 Å². The van der Waals surface area contributed by atoms with Crippen molar-refractivity contribution in [2.24, 2.45) is 0 Å². The van der Waals surface area contributed by atoms with Crippen LogP contribution in [0, 0.1) is 10.1 Å². The van der Waals surface area contributed by atoms with Crippen molar-refractivity contribution in [2.75, 3.05) is 5.32 Å². The number of fused-ring (bicyclic) bond motifs is 1. The molecule has 0 bridgehead atoms. The minimum absolute atomic E-state index is 0.0105. The number of furan rings is 2. The van der Waals surface area contributed by atoms with Crippen LogP contribution in [0.2, 0.25) is 0 Å². The summed E-state index contributed by atoms with van der Waals surface area (Å²) >= 11 is 0. The first-order valence-corrected chi connectivity index (χ1v) is 9.63. The third-order valence-electron chi connectivity index (χ3n) is 5.19. The lowest BCUT2D eigenvalue weighted by atomic mass is 10.1. The van der Waals surface area contributed by atoms with Gasteiger partial charge >= 0.3 is 0 Å². The molecule has 1 aliphatic rings. The number of amides is 1. The van der Waals surface area contributed by atoms with Crippen molar-refractivity contribution in [3.05, 3.63) is 106 Å². The number of hydrogen-bond donors (Lipinski definition) is 1. The van der Waals surface area contributed by atoms with Gasteiger partial charge in [0.2, 0.25) is 0 Å². The minimum Gasteiger partial charge on any atom is -0.467 e. The second kappa shape index (κ2) is 7.49. The normalized spacial score (nSPS) is 15.4. The summed E-state index contributed by atoms with van der Waals surface area (Å²) in [5.41, 5.74) is 2.02. The zero-order valence-electron chi connectivity index (χ0n) is 16.2. The Hall–Kier alpha value is -4.33. The number of nitrogens with zero attached hydrogens (tertiary/aromatic N) is 2. The molecule has 0 saturated heterocycles. The summed E-state index contributed by atoms with van der Waals surface area (Å²) in [6.45, 7) is 0.269. The third kappa shape index (κ3) is 3.44. The topological polar surface area (TPSA) is 102 Å². The summed E-state index contributed by atoms with van der Waals surface area (Å²) < 4.78 is 11.5. The molecule has 2 aromatic heterocycles. The van der Waals surface area contributed by atoms with Crippen LogP contribution in [0.3, 0.4) is 0 Å². The van der Waals surface area contributed by atoms with Gasteiger partial charge in [-0.05, 0) is 48.5 Å². The largest absolute Gasteiger partial charge is 0.467 e. The molecule has 8 nitrogen and oxygen atoms in total. The molecule has 1 amide bonds. The van der Waals surface area contributed by atoms with Crippen LogP contribution in [0.25, 0.3) is 11.3 Å². The van der Waals surface area contributed by atoms with E-state index in [1.165, 1.54) is 12.1 Å². The Morgan fingerprint density at radius 3 is 2.55 bits per heavy atom. The van der Waals surface area contributed by atoms with E-state index < -0.39 is 11.1 Å². The number of non-ortho nitro benzene ring substituents is 1. The number of nitro benzene ring substituents is 1. The first kappa shape index (κ1) is 18.7. The SMILES string of the molecule is O=C1c2ccccc2N[C@@H](c2ccc(-c3ccc([N+](=O)[O-])cc3)o2)N1Cc1ccco1. The number of nitrogens with one attached hydrogen (secondary N) is 1. The number of anilines is 1. The number of carbonyl (C=O) groups excluding carboxylic acids is 1. The zero-order chi connectivity index (χ0) is 21.4. The minimum atomic E-state index is -0.542. The molecule has 2 aromatic carbocycles. The van der Waals surface area contributed by atoms with Crippen LogP contribution in [0.15, 0.2) is 87.9 Å². The molecule has 8 heteroatoms. The van der Waals surface area contributed by atoms with Gasteiger partial charge in [-0.25, -0.2) is 0 Å². The van der Waals surface area contributed by atoms with Crippen molar-refractivity contribution in [2.45, 2.75) is 12.7 Å². The van der Waals surface area contributed by atoms with E-state index in [0.29, 0.717) is 28.4 Å². The van der Waals surface area contributed by atoms with Gasteiger partial charge in [-0.1, -0.05) is 12.1 Å². The maximum absolute atomic E-state index is 13.2. The highest BCUT2D eigenvalue weighted by atomic mass is 16.6. The molecule has 1 N–H and O–H groups in total. The van der Waals surface area contributed by atoms with Crippen LogP contribution in [0.4, 0.5) is 11.4 Å². The van der Waals surface area contributed by atoms with E-state index in [4.69, 9.17) is 8.83 Å². The molecule has 0 fully saturated rings. The molecule has 1 atom stereocenters. The van der Waals surface area contributed by atoms with Crippen molar-refractivity contribution < 1.29 is 18.6 Å². The van der Waals surface area contributed by atoms with Crippen molar-refractivity contribution >= 4 is 17.3 Å². The Morgan fingerprint density at radius 1 is 1.00 bits per heavy atom. The number of benzene rings is 2. The van der Waals surface area contributed by atoms with Crippen LogP contribution in [0.5, 0.6) is 0 Å². The molecule has 0 radical (unpaired) electrons. The van der Waals surface area contributed by atoms with Crippen LogP contribution >= 0.6 is 0 Å². The standard InChI is InChI=1S/C23H17N3O5/c27-23-18-5-1-2-6-19(18)24-22(25(23)14-17-4-3-13-30-17)21-12-11-20(31-21)15-7-9-16(10-8-15)26(28)29/h1-13,22,24H,14H2/t22-/m1/s1. The lowest BCUT2D eigenvalue weighted by Crippen LogP contribution is -2.42. The average molecular weight is 415 g/mol. The summed E-state index contributed by atoms with van der Waals surface area (Å²) in [7, 11) is 0. The van der Waals surface area contributed by atoms with Gasteiger partial charge < -0.3 is 19.1 Å². The van der Waals surface area contributed by atoms with Gasteiger partial charge in [0.1, 0.15) is 17.3 Å². The highest BCUT2D eigenvalue weighted by Crippen LogP contribution is 2.36. The molecule has 1 aliphatic heterocycles. The second-order valence-corrected chi connectivity index (χ2v) is 7.11. The molecular formula is C23H17N3O5. The van der Waals surface area contributed by atoms with E-state index in [1.54, 1.807) is 47.6 Å². The molecule has 0 spiro atoms. The molecular weight excluding hydrogens is 398 g/mol. The number of para-hydroxylation sites is 1. The van der Waals surface area contributed by atoms with Crippen molar-refractivity contribution in [1.29, 1.82) is 0 Å². The fourth-order valence-electron chi connectivity index (χ4n) is 3.65. The summed E-state index contributed by atoms with van der Waals surface area (Å²) in [5, 5.41) is 14.3. The molecule has 4 aromatic rings. The summed E-state index contributed by atoms with van der Waals surface area (Å²) in [6, 6.07) is 20.6. The number of hydrogen-bond acceptors (Lipinski definition) is 6. The number of carbonyl (C=O) groups is 1. The summed E-state index contributed by atoms with van der Waals surface area (Å²) in [5.74, 6) is 1.62. The summed E-state index contributed by atoms with van der Waals surface area (Å²) in [6.07, 6.45) is 1.03. The maximum atomic E-state index is 13.2. The van der Waals surface area contributed by atoms with Gasteiger partial charge in [0.15, 0.2) is 6.17 Å². The van der Waals surface area contributed by atoms with Gasteiger partial charge in [-0.3, -0.25) is 14.9 Å². The van der Waals surface area contributed by atoms with E-state index in [2.05, 4.69) is 5.32 Å². The number of nitro groups is 1. The Morgan fingerprint density at radius 2 is 1.81 bits per heavy atom. The lowest BCUT2D eigenvalue weighted by Gasteiger charge is -2.36. The molecule has 5 rings (SSSR count). The van der Waals surface area contributed by atoms with Crippen molar-refractivity contribution in [1.82, 2.24) is 4.90 Å². The van der Waals surface area contributed by atoms with Crippen molar-refractivity contribution in [3.8, 4) is 11.3 Å². The monoisotopic (exact) mass is 415 g/mol. The molecule has 3 heterocycles. The Kier molecular flexibility index (Phi) is 4.51. The summed E-state index contributed by atoms with van der Waals surface area (Å²) in [4.78, 5) is 25.3. The maximum Gasteiger partial charge on any atom is 0.269 e. The van der Waals surface area contributed by atoms with Gasteiger partial charge in [0, 0.05) is 23.4 Å². The Balaban J connectivity index is 1.50. The number of rotatable bonds is 5. The molecule has 0 aliphatic carbocycles. The predicted molar refractivity (Wildman–Crippen MR) is 112 cm³/mol. The molecule has 154 valence electrons. The van der Waals surface area contributed by atoms with Gasteiger partial charge in [-0.2, -0.15) is 0 Å². The molecule has 0 unspecified atom stereocenters.